The zero-order valence-corrected chi connectivity index (χ0v) is 17.9. The highest BCUT2D eigenvalue weighted by Gasteiger charge is 2.32. The van der Waals surface area contributed by atoms with Crippen molar-refractivity contribution in [2.75, 3.05) is 18.9 Å². The van der Waals surface area contributed by atoms with E-state index in [1.165, 1.54) is 17.4 Å². The first-order valence-electron chi connectivity index (χ1n) is 8.10. The van der Waals surface area contributed by atoms with E-state index >= 15 is 0 Å². The minimum absolute atomic E-state index is 0.151. The summed E-state index contributed by atoms with van der Waals surface area (Å²) < 4.78 is 32.4. The van der Waals surface area contributed by atoms with E-state index in [1.807, 2.05) is 4.57 Å². The third-order valence-corrected chi connectivity index (χ3v) is 6.69. The molecule has 2 heterocycles. The van der Waals surface area contributed by atoms with Crippen LogP contribution in [-0.4, -0.2) is 43.0 Å². The molecular weight excluding hydrogens is 446 g/mol. The van der Waals surface area contributed by atoms with E-state index in [1.54, 1.807) is 24.7 Å². The number of thiazole rings is 1. The molecule has 1 unspecified atom stereocenters. The summed E-state index contributed by atoms with van der Waals surface area (Å²) in [5.41, 5.74) is 9.10. The maximum Gasteiger partial charge on any atom is 0.481 e. The lowest BCUT2D eigenvalue weighted by Gasteiger charge is -2.11. The number of aliphatic hydroxyl groups excluding tert-OH is 1. The normalized spacial score (nSPS) is 14.4. The number of nitrogens with zero attached hydrogens (tertiary/aromatic N) is 3. The fraction of sp³-hybridized carbons (Fsp3) is 0.357. The Kier molecular flexibility index (Phi) is 8.18. The quantitative estimate of drug-likeness (QED) is 0.242. The van der Waals surface area contributed by atoms with Gasteiger partial charge < -0.3 is 25.5 Å². The summed E-state index contributed by atoms with van der Waals surface area (Å²) in [4.78, 5) is 35.5. The fourth-order valence-corrected chi connectivity index (χ4v) is 4.83. The van der Waals surface area contributed by atoms with E-state index in [9.17, 15) is 14.0 Å². The molecule has 0 fully saturated rings. The minimum atomic E-state index is -5.17. The van der Waals surface area contributed by atoms with Crippen molar-refractivity contribution in [3.05, 3.63) is 39.7 Å². The molecule has 0 aromatic carbocycles. The summed E-state index contributed by atoms with van der Waals surface area (Å²) >= 11 is 1.32. The third kappa shape index (κ3) is 7.67. The SMILES string of the molecule is Cc1ncc(C[n+]2csc(CCOP(=O)(O)OP(=O)(O)O)c2C=CCO)c(N)n1. The molecule has 12 nitrogen and oxygen atoms in total. The average molecular weight is 467 g/mol. The maximum absolute atomic E-state index is 11.5. The molecule has 0 aliphatic heterocycles. The first kappa shape index (κ1) is 23.7. The van der Waals surface area contributed by atoms with Crippen molar-refractivity contribution in [1.82, 2.24) is 9.97 Å². The summed E-state index contributed by atoms with van der Waals surface area (Å²) in [6.45, 7) is 1.56. The van der Waals surface area contributed by atoms with Crippen LogP contribution in [0, 0.1) is 6.92 Å². The smallest absolute Gasteiger partial charge is 0.392 e. The van der Waals surface area contributed by atoms with Crippen molar-refractivity contribution in [2.24, 2.45) is 0 Å². The van der Waals surface area contributed by atoms with Gasteiger partial charge in [-0.2, -0.15) is 8.88 Å². The van der Waals surface area contributed by atoms with Gasteiger partial charge in [0.05, 0.1) is 23.7 Å². The standard InChI is InChI=1S/C14H20N4O8P2S/c1-10-16-7-11(14(15)17-10)8-18-9-29-13(12(18)3-2-5-19)4-6-25-28(23,24)26-27(20,21)22/h2-3,7,9,19H,4-6,8H2,1H3,(H4-,15,16,17,20,21,22,23,24)/p+1. The molecule has 15 heteroatoms. The Morgan fingerprint density at radius 1 is 1.34 bits per heavy atom. The van der Waals surface area contributed by atoms with Gasteiger partial charge >= 0.3 is 15.6 Å². The molecule has 29 heavy (non-hydrogen) atoms. The van der Waals surface area contributed by atoms with E-state index in [4.69, 9.17) is 20.6 Å². The predicted molar refractivity (Wildman–Crippen MR) is 104 cm³/mol. The van der Waals surface area contributed by atoms with Gasteiger partial charge in [-0.25, -0.2) is 19.1 Å². The molecule has 0 aliphatic rings. The van der Waals surface area contributed by atoms with Crippen LogP contribution >= 0.6 is 27.0 Å². The van der Waals surface area contributed by atoms with Crippen LogP contribution in [0.2, 0.25) is 0 Å². The van der Waals surface area contributed by atoms with Crippen LogP contribution in [0.15, 0.2) is 17.8 Å². The Hall–Kier alpha value is -1.53. The number of aryl methyl sites for hydroxylation is 1. The molecule has 1 atom stereocenters. The van der Waals surface area contributed by atoms with Crippen LogP contribution in [0.3, 0.4) is 0 Å². The zero-order valence-electron chi connectivity index (χ0n) is 15.3. The van der Waals surface area contributed by atoms with Crippen LogP contribution in [-0.2, 0) is 30.9 Å². The first-order chi connectivity index (χ1) is 13.5. The highest BCUT2D eigenvalue weighted by atomic mass is 32.1. The van der Waals surface area contributed by atoms with Gasteiger partial charge in [-0.3, -0.25) is 4.52 Å². The number of aromatic nitrogens is 3. The van der Waals surface area contributed by atoms with Gasteiger partial charge in [-0.15, -0.1) is 0 Å². The predicted octanol–water partition coefficient (Wildman–Crippen LogP) is 0.539. The van der Waals surface area contributed by atoms with E-state index in [0.717, 1.165) is 4.88 Å². The number of nitrogen functional groups attached to an aromatic ring is 1. The molecule has 6 N–H and O–H groups in total. The Balaban J connectivity index is 2.15. The van der Waals surface area contributed by atoms with Crippen LogP contribution in [0.1, 0.15) is 22.0 Å². The summed E-state index contributed by atoms with van der Waals surface area (Å²) in [7, 11) is -10.1. The number of hydrogen-bond acceptors (Lipinski definition) is 9. The lowest BCUT2D eigenvalue weighted by atomic mass is 10.2. The number of hydrogen-bond donors (Lipinski definition) is 5. The highest BCUT2D eigenvalue weighted by molar-refractivity contribution is 7.60. The molecule has 0 saturated heterocycles. The zero-order chi connectivity index (χ0) is 21.7. The number of phosphoric ester groups is 1. The topological polar surface area (TPSA) is 189 Å². The molecule has 2 aromatic rings. The van der Waals surface area contributed by atoms with Crippen LogP contribution in [0.5, 0.6) is 0 Å². The monoisotopic (exact) mass is 467 g/mol. The second-order valence-corrected chi connectivity index (χ2v) is 9.47. The van der Waals surface area contributed by atoms with Crippen LogP contribution in [0.4, 0.5) is 5.82 Å². The van der Waals surface area contributed by atoms with Crippen LogP contribution in [0.25, 0.3) is 6.08 Å². The molecular formula is C14H21N4O8P2S+. The molecule has 0 radical (unpaired) electrons. The van der Waals surface area contributed by atoms with Crippen molar-refractivity contribution >= 4 is 38.9 Å². The molecule has 0 saturated carbocycles. The van der Waals surface area contributed by atoms with Crippen molar-refractivity contribution in [2.45, 2.75) is 19.9 Å². The first-order valence-corrected chi connectivity index (χ1v) is 12.0. The number of anilines is 1. The Bertz CT molecular complexity index is 977. The number of nitrogens with two attached hydrogens (primary N) is 1. The number of phosphoric acid groups is 2. The lowest BCUT2D eigenvalue weighted by Crippen LogP contribution is -2.35. The van der Waals surface area contributed by atoms with Crippen molar-refractivity contribution in [3.63, 3.8) is 0 Å². The van der Waals surface area contributed by atoms with Gasteiger partial charge in [-0.05, 0) is 6.92 Å². The van der Waals surface area contributed by atoms with Gasteiger partial charge in [0, 0.05) is 18.7 Å². The minimum Gasteiger partial charge on any atom is -0.392 e. The molecule has 160 valence electrons. The number of aliphatic hydroxyl groups is 1. The summed E-state index contributed by atoms with van der Waals surface area (Å²) in [6, 6.07) is 0. The molecule has 2 aromatic heterocycles. The van der Waals surface area contributed by atoms with Gasteiger partial charge in [-0.1, -0.05) is 17.4 Å². The summed E-state index contributed by atoms with van der Waals surface area (Å²) in [5, 5.41) is 9.08. The van der Waals surface area contributed by atoms with E-state index in [2.05, 4.69) is 18.8 Å². The molecule has 0 bridgehead atoms. The van der Waals surface area contributed by atoms with Gasteiger partial charge in [0.25, 0.3) is 0 Å². The molecule has 0 spiro atoms. The molecule has 0 amide bonds. The Morgan fingerprint density at radius 2 is 2.07 bits per heavy atom. The van der Waals surface area contributed by atoms with Gasteiger partial charge in [0.1, 0.15) is 11.6 Å². The lowest BCUT2D eigenvalue weighted by molar-refractivity contribution is -0.685. The van der Waals surface area contributed by atoms with Gasteiger partial charge in [0.2, 0.25) is 11.2 Å². The summed E-state index contributed by atoms with van der Waals surface area (Å²) in [6.07, 6.45) is 4.96. The third-order valence-electron chi connectivity index (χ3n) is 3.45. The highest BCUT2D eigenvalue weighted by Crippen LogP contribution is 2.57. The van der Waals surface area contributed by atoms with Crippen molar-refractivity contribution in [1.29, 1.82) is 0 Å². The summed E-state index contributed by atoms with van der Waals surface area (Å²) in [5.74, 6) is 0.889. The van der Waals surface area contributed by atoms with Crippen molar-refractivity contribution < 1.29 is 42.3 Å². The molecule has 0 aliphatic carbocycles. The second kappa shape index (κ2) is 9.98. The van der Waals surface area contributed by atoms with E-state index in [0.29, 0.717) is 29.4 Å². The van der Waals surface area contributed by atoms with E-state index < -0.39 is 15.6 Å². The Labute approximate surface area is 170 Å². The molecule has 2 rings (SSSR count). The largest absolute Gasteiger partial charge is 0.481 e. The second-order valence-electron chi connectivity index (χ2n) is 5.70. The maximum atomic E-state index is 11.5. The number of rotatable bonds is 10. The van der Waals surface area contributed by atoms with Gasteiger partial charge in [0.15, 0.2) is 6.54 Å². The fourth-order valence-electron chi connectivity index (χ4n) is 2.30. The van der Waals surface area contributed by atoms with Crippen LogP contribution < -0.4 is 10.3 Å². The van der Waals surface area contributed by atoms with Crippen molar-refractivity contribution in [3.8, 4) is 0 Å². The average Bonchev–Trinajstić information content (AvgIpc) is 2.95. The Morgan fingerprint density at radius 3 is 2.69 bits per heavy atom. The van der Waals surface area contributed by atoms with E-state index in [-0.39, 0.29) is 19.6 Å².